The Bertz CT molecular complexity index is 852. The molecule has 0 unspecified atom stereocenters. The Kier molecular flexibility index (Phi) is 7.95. The summed E-state index contributed by atoms with van der Waals surface area (Å²) in [6.45, 7) is 4.84. The van der Waals surface area contributed by atoms with Crippen LogP contribution in [0.1, 0.15) is 41.0 Å². The molecule has 2 aromatic carbocycles. The summed E-state index contributed by atoms with van der Waals surface area (Å²) < 4.78 is 10.4. The van der Waals surface area contributed by atoms with Gasteiger partial charge < -0.3 is 14.8 Å². The Balaban J connectivity index is 2.00. The van der Waals surface area contributed by atoms with E-state index in [1.165, 1.54) is 7.11 Å². The van der Waals surface area contributed by atoms with Gasteiger partial charge in [-0.15, -0.1) is 0 Å². The Morgan fingerprint density at radius 2 is 1.86 bits per heavy atom. The predicted octanol–water partition coefficient (Wildman–Crippen LogP) is 4.02. The van der Waals surface area contributed by atoms with E-state index in [4.69, 9.17) is 21.7 Å². The molecule has 2 N–H and O–H groups in total. The van der Waals surface area contributed by atoms with Gasteiger partial charge in [-0.25, -0.2) is 4.79 Å². The second-order valence-electron chi connectivity index (χ2n) is 6.50. The number of ether oxygens (including phenoxy) is 2. The molecule has 0 atom stereocenters. The molecule has 7 heteroatoms. The number of para-hydroxylation sites is 1. The molecule has 0 aliphatic rings. The number of benzene rings is 2. The molecule has 0 fully saturated rings. The van der Waals surface area contributed by atoms with Gasteiger partial charge in [0.15, 0.2) is 5.11 Å². The lowest BCUT2D eigenvalue weighted by molar-refractivity contribution is 0.0602. The number of anilines is 1. The van der Waals surface area contributed by atoms with Crippen LogP contribution in [0.4, 0.5) is 5.69 Å². The summed E-state index contributed by atoms with van der Waals surface area (Å²) in [5, 5.41) is 5.54. The van der Waals surface area contributed by atoms with Gasteiger partial charge in [0, 0.05) is 5.56 Å². The standard InChI is InChI=1S/C21H24N2O4S/c1-14(2)11-12-27-16-8-6-7-15(13-16)19(24)23-21(28)22-18-10-5-4-9-17(18)20(25)26-3/h4-10,13-14H,11-12H2,1-3H3,(H2,22,23,24,28). The summed E-state index contributed by atoms with van der Waals surface area (Å²) in [5.41, 5.74) is 1.19. The fraction of sp³-hybridized carbons (Fsp3) is 0.286. The van der Waals surface area contributed by atoms with Crippen molar-refractivity contribution in [2.75, 3.05) is 19.0 Å². The van der Waals surface area contributed by atoms with E-state index in [-0.39, 0.29) is 11.0 Å². The third-order valence-corrected chi connectivity index (χ3v) is 4.07. The molecule has 28 heavy (non-hydrogen) atoms. The van der Waals surface area contributed by atoms with Gasteiger partial charge in [0.2, 0.25) is 0 Å². The van der Waals surface area contributed by atoms with Crippen LogP contribution in [-0.4, -0.2) is 30.7 Å². The van der Waals surface area contributed by atoms with Crippen LogP contribution in [0, 0.1) is 5.92 Å². The Morgan fingerprint density at radius 1 is 1.11 bits per heavy atom. The summed E-state index contributed by atoms with van der Waals surface area (Å²) in [6, 6.07) is 13.6. The van der Waals surface area contributed by atoms with Gasteiger partial charge >= 0.3 is 5.97 Å². The number of nitrogens with one attached hydrogen (secondary N) is 2. The summed E-state index contributed by atoms with van der Waals surface area (Å²) >= 11 is 5.20. The van der Waals surface area contributed by atoms with E-state index in [0.29, 0.717) is 35.1 Å². The maximum atomic E-state index is 12.5. The van der Waals surface area contributed by atoms with E-state index in [1.54, 1.807) is 48.5 Å². The molecule has 0 saturated carbocycles. The molecule has 0 spiro atoms. The molecule has 2 aromatic rings. The molecule has 0 saturated heterocycles. The number of hydrogen-bond acceptors (Lipinski definition) is 5. The zero-order chi connectivity index (χ0) is 20.5. The number of esters is 1. The first kappa shape index (κ1) is 21.4. The van der Waals surface area contributed by atoms with Gasteiger partial charge in [-0.05, 0) is 54.9 Å². The zero-order valence-electron chi connectivity index (χ0n) is 16.2. The number of thiocarbonyl (C=S) groups is 1. The lowest BCUT2D eigenvalue weighted by atomic mass is 10.1. The van der Waals surface area contributed by atoms with Gasteiger partial charge in [0.25, 0.3) is 5.91 Å². The zero-order valence-corrected chi connectivity index (χ0v) is 17.0. The van der Waals surface area contributed by atoms with Crippen molar-refractivity contribution in [3.8, 4) is 5.75 Å². The number of carbonyl (C=O) groups excluding carboxylic acids is 2. The number of hydrogen-bond donors (Lipinski definition) is 2. The molecule has 0 bridgehead atoms. The van der Waals surface area contributed by atoms with Crippen molar-refractivity contribution in [3.63, 3.8) is 0 Å². The minimum Gasteiger partial charge on any atom is -0.494 e. The van der Waals surface area contributed by atoms with Gasteiger partial charge in [-0.3, -0.25) is 10.1 Å². The monoisotopic (exact) mass is 400 g/mol. The minimum atomic E-state index is -0.497. The highest BCUT2D eigenvalue weighted by atomic mass is 32.1. The molecular formula is C21H24N2O4S. The molecule has 0 radical (unpaired) electrons. The predicted molar refractivity (Wildman–Crippen MR) is 113 cm³/mol. The van der Waals surface area contributed by atoms with Crippen molar-refractivity contribution in [2.45, 2.75) is 20.3 Å². The highest BCUT2D eigenvalue weighted by Crippen LogP contribution is 2.17. The summed E-state index contributed by atoms with van der Waals surface area (Å²) in [6.07, 6.45) is 0.935. The first-order valence-corrected chi connectivity index (χ1v) is 9.34. The summed E-state index contributed by atoms with van der Waals surface area (Å²) in [5.74, 6) is 0.303. The SMILES string of the molecule is COC(=O)c1ccccc1NC(=S)NC(=O)c1cccc(OCCC(C)C)c1. The summed E-state index contributed by atoms with van der Waals surface area (Å²) in [7, 11) is 1.30. The number of rotatable bonds is 7. The van der Waals surface area contributed by atoms with E-state index < -0.39 is 5.97 Å². The van der Waals surface area contributed by atoms with Crippen molar-refractivity contribution in [3.05, 3.63) is 59.7 Å². The number of carbonyl (C=O) groups is 2. The van der Waals surface area contributed by atoms with E-state index >= 15 is 0 Å². The van der Waals surface area contributed by atoms with Crippen molar-refractivity contribution in [2.24, 2.45) is 5.92 Å². The largest absolute Gasteiger partial charge is 0.494 e. The topological polar surface area (TPSA) is 76.7 Å². The molecular weight excluding hydrogens is 376 g/mol. The molecule has 148 valence electrons. The summed E-state index contributed by atoms with van der Waals surface area (Å²) in [4.78, 5) is 24.3. The molecule has 0 aliphatic carbocycles. The molecule has 0 aliphatic heterocycles. The van der Waals surface area contributed by atoms with Gasteiger partial charge in [-0.2, -0.15) is 0 Å². The molecule has 2 rings (SSSR count). The average Bonchev–Trinajstić information content (AvgIpc) is 2.67. The third-order valence-electron chi connectivity index (χ3n) is 3.87. The number of amides is 1. The van der Waals surface area contributed by atoms with Crippen LogP contribution in [0.15, 0.2) is 48.5 Å². The maximum Gasteiger partial charge on any atom is 0.339 e. The lowest BCUT2D eigenvalue weighted by Crippen LogP contribution is -2.34. The second kappa shape index (κ2) is 10.4. The molecule has 0 aromatic heterocycles. The van der Waals surface area contributed by atoms with E-state index in [1.807, 2.05) is 0 Å². The lowest BCUT2D eigenvalue weighted by Gasteiger charge is -2.13. The highest BCUT2D eigenvalue weighted by molar-refractivity contribution is 7.80. The Hall–Kier alpha value is -2.93. The van der Waals surface area contributed by atoms with Crippen molar-refractivity contribution < 1.29 is 19.1 Å². The van der Waals surface area contributed by atoms with Gasteiger partial charge in [0.05, 0.1) is 25.0 Å². The van der Waals surface area contributed by atoms with E-state index in [2.05, 4.69) is 24.5 Å². The first-order valence-electron chi connectivity index (χ1n) is 8.93. The fourth-order valence-corrected chi connectivity index (χ4v) is 2.55. The van der Waals surface area contributed by atoms with Crippen LogP contribution in [-0.2, 0) is 4.74 Å². The quantitative estimate of drug-likeness (QED) is 0.540. The molecule has 1 amide bonds. The maximum absolute atomic E-state index is 12.5. The van der Waals surface area contributed by atoms with Crippen molar-refractivity contribution >= 4 is 34.9 Å². The molecule has 6 nitrogen and oxygen atoms in total. The van der Waals surface area contributed by atoms with Crippen LogP contribution in [0.3, 0.4) is 0 Å². The Labute approximate surface area is 170 Å². The van der Waals surface area contributed by atoms with Crippen LogP contribution in [0.5, 0.6) is 5.75 Å². The van der Waals surface area contributed by atoms with Crippen molar-refractivity contribution in [1.29, 1.82) is 0 Å². The first-order chi connectivity index (χ1) is 13.4. The van der Waals surface area contributed by atoms with Crippen LogP contribution < -0.4 is 15.4 Å². The highest BCUT2D eigenvalue weighted by Gasteiger charge is 2.14. The van der Waals surface area contributed by atoms with Crippen LogP contribution >= 0.6 is 12.2 Å². The Morgan fingerprint density at radius 3 is 2.57 bits per heavy atom. The van der Waals surface area contributed by atoms with Gasteiger partial charge in [-0.1, -0.05) is 32.0 Å². The van der Waals surface area contributed by atoms with Gasteiger partial charge in [0.1, 0.15) is 5.75 Å². The van der Waals surface area contributed by atoms with E-state index in [0.717, 1.165) is 6.42 Å². The second-order valence-corrected chi connectivity index (χ2v) is 6.91. The molecule has 0 heterocycles. The minimum absolute atomic E-state index is 0.0764. The number of methoxy groups -OCH3 is 1. The normalized spacial score (nSPS) is 10.3. The van der Waals surface area contributed by atoms with Crippen LogP contribution in [0.25, 0.3) is 0 Å². The average molecular weight is 401 g/mol. The van der Waals surface area contributed by atoms with E-state index in [9.17, 15) is 9.59 Å². The fourth-order valence-electron chi connectivity index (χ4n) is 2.35. The van der Waals surface area contributed by atoms with Crippen LogP contribution in [0.2, 0.25) is 0 Å². The smallest absolute Gasteiger partial charge is 0.339 e. The van der Waals surface area contributed by atoms with Crippen molar-refractivity contribution in [1.82, 2.24) is 5.32 Å². The third kappa shape index (κ3) is 6.35.